The molecule has 34 heavy (non-hydrogen) atoms. The zero-order valence-electron chi connectivity index (χ0n) is 20.6. The Kier molecular flexibility index (Phi) is 7.01. The summed E-state index contributed by atoms with van der Waals surface area (Å²) in [7, 11) is 1.50. The van der Waals surface area contributed by atoms with E-state index >= 15 is 0 Å². The Labute approximate surface area is 202 Å². The van der Waals surface area contributed by atoms with Crippen molar-refractivity contribution < 1.29 is 23.5 Å². The number of carbonyl (C=O) groups is 2. The molecular weight excluding hydrogens is 428 g/mol. The SMILES string of the molecule is C=C1CC[C@H]2[C@](C)(CCC[C@]2(C)C(=O)OC)[C@H]1CCc1ccoc1COC(=O)c1ccccc1. The van der Waals surface area contributed by atoms with Crippen LogP contribution in [-0.2, 0) is 27.3 Å². The largest absolute Gasteiger partial charge is 0.469 e. The lowest BCUT2D eigenvalue weighted by Gasteiger charge is -2.57. The Morgan fingerprint density at radius 3 is 2.65 bits per heavy atom. The van der Waals surface area contributed by atoms with Crippen molar-refractivity contribution in [2.75, 3.05) is 7.11 Å². The third-order valence-electron chi connectivity index (χ3n) is 8.56. The van der Waals surface area contributed by atoms with E-state index in [9.17, 15) is 9.59 Å². The molecule has 2 aliphatic rings. The summed E-state index contributed by atoms with van der Waals surface area (Å²) in [4.78, 5) is 25.1. The quantitative estimate of drug-likeness (QED) is 0.345. The van der Waals surface area contributed by atoms with E-state index in [-0.39, 0.29) is 29.9 Å². The number of rotatable bonds is 7. The van der Waals surface area contributed by atoms with E-state index in [1.165, 1.54) is 12.7 Å². The van der Waals surface area contributed by atoms with Gasteiger partial charge in [0.15, 0.2) is 0 Å². The monoisotopic (exact) mass is 464 g/mol. The number of esters is 2. The number of fused-ring (bicyclic) bond motifs is 1. The maximum absolute atomic E-state index is 12.8. The summed E-state index contributed by atoms with van der Waals surface area (Å²) in [6.07, 6.45) is 8.36. The smallest absolute Gasteiger partial charge is 0.338 e. The van der Waals surface area contributed by atoms with E-state index in [0.717, 1.165) is 50.5 Å². The molecule has 0 aliphatic heterocycles. The second kappa shape index (κ2) is 9.81. The third-order valence-corrected chi connectivity index (χ3v) is 8.56. The number of ether oxygens (including phenoxy) is 2. The van der Waals surface area contributed by atoms with Crippen molar-refractivity contribution in [3.8, 4) is 0 Å². The maximum atomic E-state index is 12.8. The molecule has 2 saturated carbocycles. The number of hydrogen-bond donors (Lipinski definition) is 0. The van der Waals surface area contributed by atoms with Crippen LogP contribution in [0.5, 0.6) is 0 Å². The number of allylic oxidation sites excluding steroid dienone is 1. The van der Waals surface area contributed by atoms with Crippen LogP contribution in [0, 0.1) is 22.7 Å². The molecule has 4 rings (SSSR count). The third kappa shape index (κ3) is 4.45. The van der Waals surface area contributed by atoms with Gasteiger partial charge < -0.3 is 13.9 Å². The van der Waals surface area contributed by atoms with Gasteiger partial charge >= 0.3 is 11.9 Å². The summed E-state index contributed by atoms with van der Waals surface area (Å²) in [5.41, 5.74) is 2.45. The lowest BCUT2D eigenvalue weighted by Crippen LogP contribution is -2.53. The zero-order valence-corrected chi connectivity index (χ0v) is 20.6. The van der Waals surface area contributed by atoms with E-state index in [4.69, 9.17) is 13.9 Å². The van der Waals surface area contributed by atoms with Gasteiger partial charge in [0, 0.05) is 0 Å². The standard InChI is InChI=1S/C29H36O5/c1-20-11-14-25-28(2,16-8-17-29(25,3)27(31)32-4)23(20)13-12-21-15-18-33-24(21)19-34-26(30)22-9-6-5-7-10-22/h5-7,9-10,15,18,23,25H,1,8,11-14,16-17,19H2,2-4H3/t23-,25-,28+,29-/m0/s1. The van der Waals surface area contributed by atoms with Crippen molar-refractivity contribution >= 4 is 11.9 Å². The molecule has 2 aromatic rings. The second-order valence-electron chi connectivity index (χ2n) is 10.4. The fraction of sp³-hybridized carbons (Fsp3) is 0.517. The van der Waals surface area contributed by atoms with Gasteiger partial charge in [-0.1, -0.05) is 43.7 Å². The van der Waals surface area contributed by atoms with Crippen molar-refractivity contribution in [3.05, 3.63) is 71.7 Å². The van der Waals surface area contributed by atoms with Gasteiger partial charge in [-0.25, -0.2) is 4.79 Å². The van der Waals surface area contributed by atoms with Crippen LogP contribution in [0.3, 0.4) is 0 Å². The minimum atomic E-state index is -0.437. The normalized spacial score (nSPS) is 28.7. The van der Waals surface area contributed by atoms with Crippen LogP contribution < -0.4 is 0 Å². The van der Waals surface area contributed by atoms with Crippen LogP contribution >= 0.6 is 0 Å². The van der Waals surface area contributed by atoms with E-state index in [2.05, 4.69) is 20.4 Å². The minimum absolute atomic E-state index is 0.0141. The van der Waals surface area contributed by atoms with Gasteiger partial charge in [-0.3, -0.25) is 4.79 Å². The van der Waals surface area contributed by atoms with Crippen LogP contribution in [0.15, 0.2) is 59.2 Å². The Balaban J connectivity index is 1.45. The van der Waals surface area contributed by atoms with Gasteiger partial charge in [0.05, 0.1) is 24.4 Å². The summed E-state index contributed by atoms with van der Waals surface area (Å²) in [5, 5.41) is 0. The van der Waals surface area contributed by atoms with Gasteiger partial charge in [-0.05, 0) is 86.5 Å². The van der Waals surface area contributed by atoms with E-state index in [1.807, 2.05) is 24.3 Å². The van der Waals surface area contributed by atoms with E-state index in [1.54, 1.807) is 18.4 Å². The molecule has 0 unspecified atom stereocenters. The van der Waals surface area contributed by atoms with Crippen LogP contribution in [0.25, 0.3) is 0 Å². The molecule has 5 heteroatoms. The lowest BCUT2D eigenvalue weighted by atomic mass is 9.46. The molecule has 4 atom stereocenters. The average Bonchev–Trinajstić information content (AvgIpc) is 3.29. The first-order valence-corrected chi connectivity index (χ1v) is 12.3. The molecule has 1 aromatic carbocycles. The molecule has 5 nitrogen and oxygen atoms in total. The number of carbonyl (C=O) groups excluding carboxylic acids is 2. The van der Waals surface area contributed by atoms with Crippen molar-refractivity contribution in [2.45, 2.75) is 65.4 Å². The molecule has 0 radical (unpaired) electrons. The fourth-order valence-corrected chi connectivity index (χ4v) is 6.76. The van der Waals surface area contributed by atoms with E-state index in [0.29, 0.717) is 17.2 Å². The molecule has 0 saturated heterocycles. The maximum Gasteiger partial charge on any atom is 0.338 e. The summed E-state index contributed by atoms with van der Waals surface area (Å²) >= 11 is 0. The topological polar surface area (TPSA) is 65.7 Å². The summed E-state index contributed by atoms with van der Waals surface area (Å²) in [6, 6.07) is 10.9. The molecule has 0 spiro atoms. The Morgan fingerprint density at radius 1 is 1.15 bits per heavy atom. The highest BCUT2D eigenvalue weighted by atomic mass is 16.5. The number of aryl methyl sites for hydroxylation is 1. The number of hydrogen-bond acceptors (Lipinski definition) is 5. The highest BCUT2D eigenvalue weighted by molar-refractivity contribution is 5.89. The molecule has 182 valence electrons. The molecular formula is C29H36O5. The summed E-state index contributed by atoms with van der Waals surface area (Å²) in [5.74, 6) is 0.864. The molecule has 2 aliphatic carbocycles. The second-order valence-corrected chi connectivity index (χ2v) is 10.4. The van der Waals surface area contributed by atoms with Crippen molar-refractivity contribution in [3.63, 3.8) is 0 Å². The first-order chi connectivity index (χ1) is 16.3. The number of benzene rings is 1. The predicted octanol–water partition coefficient (Wildman–Crippen LogP) is 6.52. The van der Waals surface area contributed by atoms with Crippen LogP contribution in [0.1, 0.15) is 74.1 Å². The molecule has 2 fully saturated rings. The Hall–Kier alpha value is -2.82. The minimum Gasteiger partial charge on any atom is -0.469 e. The summed E-state index contributed by atoms with van der Waals surface area (Å²) in [6.45, 7) is 9.01. The van der Waals surface area contributed by atoms with Crippen molar-refractivity contribution in [1.82, 2.24) is 0 Å². The fourth-order valence-electron chi connectivity index (χ4n) is 6.76. The van der Waals surface area contributed by atoms with Gasteiger partial charge in [0.1, 0.15) is 12.4 Å². The van der Waals surface area contributed by atoms with Gasteiger partial charge in [0.2, 0.25) is 0 Å². The number of methoxy groups -OCH3 is 1. The first kappa shape index (κ1) is 24.3. The lowest BCUT2D eigenvalue weighted by molar-refractivity contribution is -0.168. The summed E-state index contributed by atoms with van der Waals surface area (Å²) < 4.78 is 16.4. The van der Waals surface area contributed by atoms with Crippen LogP contribution in [0.4, 0.5) is 0 Å². The van der Waals surface area contributed by atoms with E-state index < -0.39 is 5.41 Å². The average molecular weight is 465 g/mol. The zero-order chi connectivity index (χ0) is 24.3. The van der Waals surface area contributed by atoms with Crippen LogP contribution in [-0.4, -0.2) is 19.0 Å². The molecule has 0 N–H and O–H groups in total. The molecule has 0 amide bonds. The van der Waals surface area contributed by atoms with Crippen molar-refractivity contribution in [2.24, 2.45) is 22.7 Å². The van der Waals surface area contributed by atoms with Crippen molar-refractivity contribution in [1.29, 1.82) is 0 Å². The molecule has 1 heterocycles. The Morgan fingerprint density at radius 2 is 1.91 bits per heavy atom. The highest BCUT2D eigenvalue weighted by Gasteiger charge is 2.57. The first-order valence-electron chi connectivity index (χ1n) is 12.3. The highest BCUT2D eigenvalue weighted by Crippen LogP contribution is 2.62. The van der Waals surface area contributed by atoms with Gasteiger partial charge in [0.25, 0.3) is 0 Å². The predicted molar refractivity (Wildman–Crippen MR) is 130 cm³/mol. The number of furan rings is 1. The molecule has 0 bridgehead atoms. The Bertz CT molecular complexity index is 1040. The van der Waals surface area contributed by atoms with Crippen LogP contribution in [0.2, 0.25) is 0 Å². The van der Waals surface area contributed by atoms with Gasteiger partial charge in [-0.15, -0.1) is 0 Å². The molecule has 1 aromatic heterocycles. The van der Waals surface area contributed by atoms with Gasteiger partial charge in [-0.2, -0.15) is 0 Å².